The number of aliphatic imine (C=N–C) groups is 2. The third-order valence-electron chi connectivity index (χ3n) is 6.21. The molecule has 4 aromatic carbocycles. The van der Waals surface area contributed by atoms with Crippen LogP contribution in [0.3, 0.4) is 0 Å². The molecular weight excluding hydrogens is 476 g/mol. The molecule has 0 aliphatic heterocycles. The average molecular weight is 509 g/mol. The predicted octanol–water partition coefficient (Wildman–Crippen LogP) is 6.74. The molecule has 0 radical (unpaired) electrons. The van der Waals surface area contributed by atoms with E-state index in [1.165, 1.54) is 0 Å². The zero-order valence-corrected chi connectivity index (χ0v) is 22.1. The van der Waals surface area contributed by atoms with Gasteiger partial charge in [0.05, 0.1) is 28.4 Å². The summed E-state index contributed by atoms with van der Waals surface area (Å²) in [6, 6.07) is 31.0. The molecule has 4 aromatic rings. The minimum atomic E-state index is -0.300. The number of hydrogen-bond acceptors (Lipinski definition) is 6. The fourth-order valence-electron chi connectivity index (χ4n) is 4.01. The van der Waals surface area contributed by atoms with E-state index in [-0.39, 0.29) is 12.1 Å². The fraction of sp³-hybridized carbons (Fsp3) is 0.188. The number of hydrogen-bond donors (Lipinski definition) is 0. The Morgan fingerprint density at radius 3 is 0.947 bits per heavy atom. The summed E-state index contributed by atoms with van der Waals surface area (Å²) >= 11 is 0. The van der Waals surface area contributed by atoms with Crippen molar-refractivity contribution in [3.63, 3.8) is 0 Å². The third-order valence-corrected chi connectivity index (χ3v) is 6.21. The van der Waals surface area contributed by atoms with Crippen LogP contribution in [0.1, 0.15) is 34.3 Å². The van der Waals surface area contributed by atoms with Gasteiger partial charge in [-0.3, -0.25) is 9.98 Å². The van der Waals surface area contributed by atoms with Gasteiger partial charge in [0.1, 0.15) is 35.1 Å². The molecule has 0 saturated carbocycles. The Bertz CT molecular complexity index is 1220. The van der Waals surface area contributed by atoms with Gasteiger partial charge in [0.25, 0.3) is 0 Å². The largest absolute Gasteiger partial charge is 0.497 e. The minimum absolute atomic E-state index is 0.300. The molecule has 38 heavy (non-hydrogen) atoms. The first kappa shape index (κ1) is 26.5. The molecule has 2 atom stereocenters. The molecule has 0 spiro atoms. The first-order valence-corrected chi connectivity index (χ1v) is 12.3. The molecule has 0 aliphatic carbocycles. The van der Waals surface area contributed by atoms with Crippen molar-refractivity contribution in [2.24, 2.45) is 9.98 Å². The van der Waals surface area contributed by atoms with Gasteiger partial charge in [-0.25, -0.2) is 0 Å². The zero-order chi connectivity index (χ0) is 26.7. The Morgan fingerprint density at radius 1 is 0.421 bits per heavy atom. The zero-order valence-electron chi connectivity index (χ0n) is 22.1. The summed E-state index contributed by atoms with van der Waals surface area (Å²) in [5.74, 6) is 3.17. The Kier molecular flexibility index (Phi) is 9.13. The smallest absolute Gasteiger partial charge is 0.118 e. The minimum Gasteiger partial charge on any atom is -0.497 e. The van der Waals surface area contributed by atoms with Gasteiger partial charge in [-0.1, -0.05) is 24.3 Å². The van der Waals surface area contributed by atoms with E-state index in [9.17, 15) is 0 Å². The lowest BCUT2D eigenvalue weighted by Crippen LogP contribution is -2.09. The van der Waals surface area contributed by atoms with Crippen LogP contribution in [0.5, 0.6) is 23.0 Å². The molecule has 0 aromatic heterocycles. The number of ether oxygens (including phenoxy) is 4. The summed E-state index contributed by atoms with van der Waals surface area (Å²) in [6.07, 6.45) is 3.77. The van der Waals surface area contributed by atoms with Gasteiger partial charge in [-0.2, -0.15) is 0 Å². The van der Waals surface area contributed by atoms with Gasteiger partial charge in [0.15, 0.2) is 0 Å². The molecule has 6 heteroatoms. The van der Waals surface area contributed by atoms with Gasteiger partial charge < -0.3 is 18.9 Å². The van der Waals surface area contributed by atoms with Gasteiger partial charge in [0.2, 0.25) is 0 Å². The molecule has 0 heterocycles. The Balaban J connectivity index is 1.77. The van der Waals surface area contributed by atoms with Crippen LogP contribution in [-0.4, -0.2) is 40.9 Å². The summed E-state index contributed by atoms with van der Waals surface area (Å²) < 4.78 is 21.4. The molecule has 6 nitrogen and oxygen atoms in total. The third kappa shape index (κ3) is 6.79. The van der Waals surface area contributed by atoms with Crippen LogP contribution in [0.15, 0.2) is 107 Å². The maximum absolute atomic E-state index is 5.39. The molecular formula is C32H32N2O4. The average Bonchev–Trinajstić information content (AvgIpc) is 2.99. The molecule has 0 fully saturated rings. The van der Waals surface area contributed by atoms with E-state index < -0.39 is 0 Å². The van der Waals surface area contributed by atoms with Crippen LogP contribution < -0.4 is 18.9 Å². The summed E-state index contributed by atoms with van der Waals surface area (Å²) in [5, 5.41) is 0. The highest BCUT2D eigenvalue weighted by Gasteiger charge is 2.24. The molecule has 0 saturated heterocycles. The summed E-state index contributed by atoms with van der Waals surface area (Å²) in [7, 11) is 6.63. The van der Waals surface area contributed by atoms with E-state index in [4.69, 9.17) is 28.9 Å². The van der Waals surface area contributed by atoms with E-state index >= 15 is 0 Å². The predicted molar refractivity (Wildman–Crippen MR) is 153 cm³/mol. The monoisotopic (exact) mass is 508 g/mol. The first-order valence-electron chi connectivity index (χ1n) is 12.3. The van der Waals surface area contributed by atoms with Crippen molar-refractivity contribution in [3.05, 3.63) is 119 Å². The summed E-state index contributed by atoms with van der Waals surface area (Å²) in [6.45, 7) is 0. The van der Waals surface area contributed by atoms with E-state index in [0.717, 1.165) is 45.3 Å². The Hall–Kier alpha value is -4.58. The lowest BCUT2D eigenvalue weighted by atomic mass is 9.93. The van der Waals surface area contributed by atoms with Crippen molar-refractivity contribution in [2.45, 2.75) is 12.1 Å². The van der Waals surface area contributed by atoms with E-state index in [2.05, 4.69) is 0 Å². The van der Waals surface area contributed by atoms with Crippen LogP contribution in [0.2, 0.25) is 0 Å². The van der Waals surface area contributed by atoms with Gasteiger partial charge >= 0.3 is 0 Å². The fourth-order valence-corrected chi connectivity index (χ4v) is 4.01. The highest BCUT2D eigenvalue weighted by molar-refractivity contribution is 5.81. The molecule has 4 rings (SSSR count). The van der Waals surface area contributed by atoms with Crippen molar-refractivity contribution in [1.82, 2.24) is 0 Å². The maximum atomic E-state index is 5.39. The molecule has 194 valence electrons. The number of benzene rings is 4. The number of methoxy groups -OCH3 is 4. The highest BCUT2D eigenvalue weighted by Crippen LogP contribution is 2.37. The van der Waals surface area contributed by atoms with Crippen molar-refractivity contribution in [3.8, 4) is 23.0 Å². The second kappa shape index (κ2) is 13.1. The van der Waals surface area contributed by atoms with Gasteiger partial charge in [0, 0.05) is 12.4 Å². The Labute approximate surface area is 224 Å². The highest BCUT2D eigenvalue weighted by atomic mass is 16.5. The van der Waals surface area contributed by atoms with Crippen molar-refractivity contribution < 1.29 is 18.9 Å². The Morgan fingerprint density at radius 2 is 0.684 bits per heavy atom. The SMILES string of the molecule is COc1ccc(C=NC(c2ccc(OC)cc2)C(N=Cc2ccc(OC)cc2)c2ccc(OC)cc2)cc1. The van der Waals surface area contributed by atoms with E-state index in [1.54, 1.807) is 28.4 Å². The van der Waals surface area contributed by atoms with E-state index in [1.807, 2.05) is 109 Å². The first-order chi connectivity index (χ1) is 18.6. The molecule has 0 bridgehead atoms. The molecule has 0 N–H and O–H groups in total. The lowest BCUT2D eigenvalue weighted by Gasteiger charge is -2.22. The van der Waals surface area contributed by atoms with Crippen LogP contribution in [0.25, 0.3) is 0 Å². The van der Waals surface area contributed by atoms with Crippen molar-refractivity contribution >= 4 is 12.4 Å². The van der Waals surface area contributed by atoms with Crippen molar-refractivity contribution in [2.75, 3.05) is 28.4 Å². The maximum Gasteiger partial charge on any atom is 0.118 e. The van der Waals surface area contributed by atoms with E-state index in [0.29, 0.717) is 0 Å². The lowest BCUT2D eigenvalue weighted by molar-refractivity contribution is 0.414. The topological polar surface area (TPSA) is 61.6 Å². The standard InChI is InChI=1S/C32H32N2O4/c1-35-27-13-5-23(6-14-27)21-33-31(25-9-17-29(37-3)18-10-25)32(26-11-19-30(38-4)20-12-26)34-22-24-7-15-28(36-2)16-8-24/h5-22,31-32H,1-4H3. The summed E-state index contributed by atoms with van der Waals surface area (Å²) in [4.78, 5) is 10.1. The molecule has 2 unspecified atom stereocenters. The normalized spacial score (nSPS) is 12.8. The molecule has 0 amide bonds. The van der Waals surface area contributed by atoms with Gasteiger partial charge in [-0.15, -0.1) is 0 Å². The quantitative estimate of drug-likeness (QED) is 0.211. The second-order valence-corrected chi connectivity index (χ2v) is 8.54. The van der Waals surface area contributed by atoms with Crippen LogP contribution in [-0.2, 0) is 0 Å². The summed E-state index contributed by atoms with van der Waals surface area (Å²) in [5.41, 5.74) is 3.97. The second-order valence-electron chi connectivity index (χ2n) is 8.54. The number of nitrogens with zero attached hydrogens (tertiary/aromatic N) is 2. The number of rotatable bonds is 11. The van der Waals surface area contributed by atoms with Gasteiger partial charge in [-0.05, 0) is 95.1 Å². The van der Waals surface area contributed by atoms with Crippen LogP contribution in [0.4, 0.5) is 0 Å². The van der Waals surface area contributed by atoms with Crippen molar-refractivity contribution in [1.29, 1.82) is 0 Å². The molecule has 0 aliphatic rings. The van der Waals surface area contributed by atoms with Crippen LogP contribution >= 0.6 is 0 Å². The van der Waals surface area contributed by atoms with Crippen LogP contribution in [0, 0.1) is 0 Å².